The highest BCUT2D eigenvalue weighted by Crippen LogP contribution is 2.41. The Morgan fingerprint density at radius 3 is 2.64 bits per heavy atom. The number of carbonyl (C=O) groups is 3. The topological polar surface area (TPSA) is 90.9 Å². The van der Waals surface area contributed by atoms with Gasteiger partial charge in [-0.25, -0.2) is 9.18 Å². The summed E-state index contributed by atoms with van der Waals surface area (Å²) in [5, 5.41) is 2.14. The van der Waals surface area contributed by atoms with Gasteiger partial charge in [0.25, 0.3) is 5.78 Å². The van der Waals surface area contributed by atoms with Crippen molar-refractivity contribution in [3.8, 4) is 0 Å². The summed E-state index contributed by atoms with van der Waals surface area (Å²) < 4.78 is 28.4. The molecule has 134 valence electrons. The van der Waals surface area contributed by atoms with Crippen molar-refractivity contribution in [1.82, 2.24) is 5.32 Å². The summed E-state index contributed by atoms with van der Waals surface area (Å²) in [6.45, 7) is 4.11. The summed E-state index contributed by atoms with van der Waals surface area (Å²) in [6.07, 6.45) is -0.899. The Kier molecular flexibility index (Phi) is 5.32. The molecule has 1 aliphatic rings. The van der Waals surface area contributed by atoms with Crippen LogP contribution in [0.25, 0.3) is 0 Å². The standard InChI is InChI=1S/C16H15ClFNO6/c1-4-23-15(22)19-14-12(24-8(2)20)13(21)16(3,25-14)10-6-5-9(18)7-11(10)17/h5-7H,4H2,1-3H3,(H,19,22). The number of Topliss-reactive ketones (excluding diaryl/α,β-unsaturated/α-hetero) is 1. The van der Waals surface area contributed by atoms with E-state index in [1.54, 1.807) is 6.92 Å². The second-order valence-electron chi connectivity index (χ2n) is 5.19. The summed E-state index contributed by atoms with van der Waals surface area (Å²) in [5.41, 5.74) is -1.57. The molecule has 1 aromatic rings. The van der Waals surface area contributed by atoms with Crippen molar-refractivity contribution >= 4 is 29.4 Å². The number of ketones is 1. The minimum absolute atomic E-state index is 0.0598. The average molecular weight is 372 g/mol. The molecule has 0 spiro atoms. The molecule has 25 heavy (non-hydrogen) atoms. The van der Waals surface area contributed by atoms with Crippen LogP contribution in [0.2, 0.25) is 5.02 Å². The van der Waals surface area contributed by atoms with Gasteiger partial charge in [0.1, 0.15) is 5.82 Å². The first kappa shape index (κ1) is 18.7. The zero-order valence-corrected chi connectivity index (χ0v) is 14.4. The summed E-state index contributed by atoms with van der Waals surface area (Å²) in [6, 6.07) is 3.39. The molecule has 1 heterocycles. The van der Waals surface area contributed by atoms with E-state index >= 15 is 0 Å². The van der Waals surface area contributed by atoms with E-state index in [9.17, 15) is 18.8 Å². The van der Waals surface area contributed by atoms with Crippen molar-refractivity contribution in [2.75, 3.05) is 6.61 Å². The maximum absolute atomic E-state index is 13.3. The van der Waals surface area contributed by atoms with E-state index in [2.05, 4.69) is 5.32 Å². The summed E-state index contributed by atoms with van der Waals surface area (Å²) >= 11 is 6.01. The molecule has 0 saturated carbocycles. The SMILES string of the molecule is CCOC(=O)NC1=C(OC(C)=O)C(=O)C(C)(c2ccc(F)cc2Cl)O1. The second kappa shape index (κ2) is 7.10. The van der Waals surface area contributed by atoms with E-state index in [-0.39, 0.29) is 23.1 Å². The smallest absolute Gasteiger partial charge is 0.414 e. The number of amides is 1. The van der Waals surface area contributed by atoms with Crippen LogP contribution in [0.4, 0.5) is 9.18 Å². The molecule has 1 N–H and O–H groups in total. The van der Waals surface area contributed by atoms with Gasteiger partial charge in [-0.3, -0.25) is 14.9 Å². The number of benzene rings is 1. The third kappa shape index (κ3) is 3.74. The van der Waals surface area contributed by atoms with Crippen LogP contribution in [-0.2, 0) is 29.4 Å². The first-order valence-corrected chi connectivity index (χ1v) is 7.62. The molecule has 0 radical (unpaired) electrons. The molecule has 0 aliphatic carbocycles. The third-order valence-corrected chi connectivity index (χ3v) is 3.65. The van der Waals surface area contributed by atoms with Gasteiger partial charge in [-0.05, 0) is 26.0 Å². The Balaban J connectivity index is 2.43. The molecule has 1 atom stereocenters. The molecule has 9 heteroatoms. The van der Waals surface area contributed by atoms with Gasteiger partial charge in [0.15, 0.2) is 0 Å². The molecule has 1 aliphatic heterocycles. The molecule has 2 rings (SSSR count). The fourth-order valence-corrected chi connectivity index (χ4v) is 2.60. The molecular weight excluding hydrogens is 357 g/mol. The van der Waals surface area contributed by atoms with Gasteiger partial charge in [0.2, 0.25) is 17.2 Å². The number of carbonyl (C=O) groups excluding carboxylic acids is 3. The first-order chi connectivity index (χ1) is 11.7. The number of hydrogen-bond donors (Lipinski definition) is 1. The maximum atomic E-state index is 13.3. The van der Waals surface area contributed by atoms with E-state index in [0.717, 1.165) is 19.1 Å². The monoisotopic (exact) mass is 371 g/mol. The van der Waals surface area contributed by atoms with E-state index in [4.69, 9.17) is 25.8 Å². The lowest BCUT2D eigenvalue weighted by atomic mass is 9.91. The molecule has 1 aromatic carbocycles. The Hall–Kier alpha value is -2.61. The minimum Gasteiger partial charge on any atom is -0.456 e. The number of ether oxygens (including phenoxy) is 3. The van der Waals surface area contributed by atoms with Gasteiger partial charge in [0, 0.05) is 12.5 Å². The molecular formula is C16H15ClFNO6. The minimum atomic E-state index is -1.72. The van der Waals surface area contributed by atoms with Crippen LogP contribution in [0.3, 0.4) is 0 Å². The van der Waals surface area contributed by atoms with Gasteiger partial charge in [-0.15, -0.1) is 0 Å². The predicted molar refractivity (Wildman–Crippen MR) is 83.8 cm³/mol. The number of nitrogens with one attached hydrogen (secondary N) is 1. The van der Waals surface area contributed by atoms with Gasteiger partial charge < -0.3 is 14.2 Å². The van der Waals surface area contributed by atoms with Crippen molar-refractivity contribution in [1.29, 1.82) is 0 Å². The van der Waals surface area contributed by atoms with Gasteiger partial charge in [-0.1, -0.05) is 17.7 Å². The third-order valence-electron chi connectivity index (χ3n) is 3.33. The largest absolute Gasteiger partial charge is 0.456 e. The maximum Gasteiger partial charge on any atom is 0.414 e. The van der Waals surface area contributed by atoms with Crippen LogP contribution >= 0.6 is 11.6 Å². The molecule has 0 aromatic heterocycles. The number of alkyl carbamates (subject to hydrolysis) is 1. The Morgan fingerprint density at radius 2 is 2.08 bits per heavy atom. The van der Waals surface area contributed by atoms with Crippen molar-refractivity contribution in [3.05, 3.63) is 46.2 Å². The normalized spacial score (nSPS) is 19.5. The zero-order chi connectivity index (χ0) is 18.8. The highest BCUT2D eigenvalue weighted by molar-refractivity contribution is 6.32. The lowest BCUT2D eigenvalue weighted by molar-refractivity contribution is -0.142. The zero-order valence-electron chi connectivity index (χ0n) is 13.6. The predicted octanol–water partition coefficient (Wildman–Crippen LogP) is 2.77. The quantitative estimate of drug-likeness (QED) is 0.818. The van der Waals surface area contributed by atoms with Crippen LogP contribution in [0.1, 0.15) is 26.3 Å². The lowest BCUT2D eigenvalue weighted by Gasteiger charge is -2.24. The van der Waals surface area contributed by atoms with Crippen LogP contribution in [0, 0.1) is 5.82 Å². The Bertz CT molecular complexity index is 778. The van der Waals surface area contributed by atoms with Gasteiger partial charge in [0.05, 0.1) is 11.6 Å². The van der Waals surface area contributed by atoms with E-state index in [1.165, 1.54) is 13.0 Å². The van der Waals surface area contributed by atoms with Crippen LogP contribution in [-0.4, -0.2) is 24.5 Å². The lowest BCUT2D eigenvalue weighted by Crippen LogP contribution is -2.33. The van der Waals surface area contributed by atoms with Crippen molar-refractivity contribution < 1.29 is 33.0 Å². The van der Waals surface area contributed by atoms with Crippen LogP contribution in [0.5, 0.6) is 0 Å². The molecule has 0 fully saturated rings. The van der Waals surface area contributed by atoms with Crippen molar-refractivity contribution in [2.45, 2.75) is 26.4 Å². The highest BCUT2D eigenvalue weighted by atomic mass is 35.5. The summed E-state index contributed by atoms with van der Waals surface area (Å²) in [5.74, 6) is -3.03. The van der Waals surface area contributed by atoms with Gasteiger partial charge >= 0.3 is 12.1 Å². The Labute approximate surface area is 147 Å². The van der Waals surface area contributed by atoms with Crippen LogP contribution in [0.15, 0.2) is 29.8 Å². The van der Waals surface area contributed by atoms with Crippen molar-refractivity contribution in [3.63, 3.8) is 0 Å². The van der Waals surface area contributed by atoms with E-state index in [0.29, 0.717) is 0 Å². The molecule has 0 saturated heterocycles. The molecule has 7 nitrogen and oxygen atoms in total. The Morgan fingerprint density at radius 1 is 1.40 bits per heavy atom. The summed E-state index contributed by atoms with van der Waals surface area (Å²) in [7, 11) is 0. The fourth-order valence-electron chi connectivity index (χ4n) is 2.25. The van der Waals surface area contributed by atoms with Crippen LogP contribution < -0.4 is 5.32 Å². The van der Waals surface area contributed by atoms with Crippen molar-refractivity contribution in [2.24, 2.45) is 0 Å². The number of hydrogen-bond acceptors (Lipinski definition) is 6. The molecule has 1 unspecified atom stereocenters. The molecule has 0 bridgehead atoms. The first-order valence-electron chi connectivity index (χ1n) is 7.24. The average Bonchev–Trinajstić information content (AvgIpc) is 2.72. The summed E-state index contributed by atoms with van der Waals surface area (Å²) in [4.78, 5) is 35.6. The molecule has 1 amide bonds. The highest BCUT2D eigenvalue weighted by Gasteiger charge is 2.51. The number of rotatable bonds is 4. The van der Waals surface area contributed by atoms with E-state index in [1.807, 2.05) is 0 Å². The number of halogens is 2. The second-order valence-corrected chi connectivity index (χ2v) is 5.59. The van der Waals surface area contributed by atoms with Gasteiger partial charge in [-0.2, -0.15) is 0 Å². The number of esters is 1. The fraction of sp³-hybridized carbons (Fsp3) is 0.312. The van der Waals surface area contributed by atoms with E-state index < -0.39 is 35.0 Å².